The second kappa shape index (κ2) is 21.3. The predicted molar refractivity (Wildman–Crippen MR) is 329 cm³/mol. The van der Waals surface area contributed by atoms with Crippen LogP contribution in [0.1, 0.15) is 45.7 Å². The van der Waals surface area contributed by atoms with Gasteiger partial charge in [-0.15, -0.1) is 0 Å². The van der Waals surface area contributed by atoms with Gasteiger partial charge in [-0.25, -0.2) is 18.3 Å². The number of benzene rings is 10. The Kier molecular flexibility index (Phi) is 15.3. The summed E-state index contributed by atoms with van der Waals surface area (Å²) in [6.45, 7) is 3.02. The number of rotatable bonds is 2. The molecule has 0 amide bonds. The van der Waals surface area contributed by atoms with Gasteiger partial charge in [0.25, 0.3) is 12.3 Å². The monoisotopic (exact) mass is 1480 g/mol. The quantitative estimate of drug-likeness (QED) is 0.0716. The van der Waals surface area contributed by atoms with Crippen molar-refractivity contribution >= 4 is 95.9 Å². The van der Waals surface area contributed by atoms with Crippen LogP contribution in [0.15, 0.2) is 233 Å². The van der Waals surface area contributed by atoms with Crippen molar-refractivity contribution in [2.75, 3.05) is 0 Å². The zero-order chi connectivity index (χ0) is 71.5. The number of halogens is 24. The van der Waals surface area contributed by atoms with Gasteiger partial charge in [-0.3, -0.25) is 0 Å². The molecule has 12 bridgehead atoms. The van der Waals surface area contributed by atoms with Crippen molar-refractivity contribution in [3.05, 3.63) is 266 Å². The molecule has 0 saturated heterocycles. The van der Waals surface area contributed by atoms with Crippen LogP contribution in [0.25, 0.3) is 64.6 Å². The molecule has 0 spiro atoms. The Hall–Kier alpha value is -8.84. The van der Waals surface area contributed by atoms with E-state index in [2.05, 4.69) is 269 Å². The minimum atomic E-state index is -10.7. The van der Waals surface area contributed by atoms with E-state index in [4.69, 9.17) is 0 Å². The van der Waals surface area contributed by atoms with Crippen LogP contribution in [0.3, 0.4) is 0 Å². The maximum absolute atomic E-state index is 10.7. The molecule has 0 saturated carbocycles. The molecule has 36 heteroatoms. The van der Waals surface area contributed by atoms with Gasteiger partial charge in [-0.05, 0) is 111 Å². The first kappa shape index (κ1) is 70.5. The van der Waals surface area contributed by atoms with Gasteiger partial charge in [0, 0.05) is 11.1 Å². The third-order valence-electron chi connectivity index (χ3n) is 15.1. The van der Waals surface area contributed by atoms with E-state index >= 15 is 0 Å². The van der Waals surface area contributed by atoms with Crippen molar-refractivity contribution in [2.24, 2.45) is 0 Å². The fraction of sp³-hybridized carbons (Fsp3) is 0.0968. The third-order valence-corrected chi connectivity index (χ3v) is 15.1. The molecule has 0 aliphatic carbocycles. The maximum Gasteiger partial charge on any atom is 0.269 e. The molecule has 0 fully saturated rings. The number of imidazole rings is 4. The van der Waals surface area contributed by atoms with E-state index in [0.717, 1.165) is 26.2 Å². The average Bonchev–Trinajstić information content (AvgIpc) is 0.933. The van der Waals surface area contributed by atoms with Gasteiger partial charge in [0.15, 0.2) is 0 Å². The minimum absolute atomic E-state index is 0.124. The second-order valence-electron chi connectivity index (χ2n) is 23.4. The summed E-state index contributed by atoms with van der Waals surface area (Å²) in [7, 11) is -42.6. The number of fused-ring (bicyclic) bond motifs is 12. The van der Waals surface area contributed by atoms with Gasteiger partial charge < -0.3 is 0 Å². The van der Waals surface area contributed by atoms with Crippen LogP contribution in [0.2, 0.25) is 0 Å². The molecule has 98 heavy (non-hydrogen) atoms. The zero-order valence-corrected chi connectivity index (χ0v) is 52.9. The van der Waals surface area contributed by atoms with E-state index in [-0.39, 0.29) is 12.3 Å². The molecule has 1 aliphatic rings. The second-order valence-corrected chi connectivity index (χ2v) is 31.0. The molecule has 0 radical (unpaired) electrons. The molecule has 4 aromatic heterocycles. The summed E-state index contributed by atoms with van der Waals surface area (Å²) >= 11 is 0. The van der Waals surface area contributed by atoms with Crippen LogP contribution in [0, 0.1) is 0 Å². The molecule has 8 nitrogen and oxygen atoms in total. The number of nitrogens with zero attached hydrogens (tertiary/aromatic N) is 8. The molecular formula is C62H48F24N8P4. The first-order valence-electron chi connectivity index (χ1n) is 28.4. The maximum atomic E-state index is 9.87. The Morgan fingerprint density at radius 2 is 0.459 bits per heavy atom. The average molecular weight is 1480 g/mol. The van der Waals surface area contributed by atoms with Crippen molar-refractivity contribution in [1.82, 2.24) is 18.3 Å². The number of hydrogen-bond donors (Lipinski definition) is 0. The molecule has 0 N–H and O–H groups in total. The molecule has 0 atom stereocenters. The predicted octanol–water partition coefficient (Wildman–Crippen LogP) is 24.1. The van der Waals surface area contributed by atoms with E-state index in [9.17, 15) is 101 Å². The molecule has 524 valence electrons. The Bertz CT molecular complexity index is 4780. The summed E-state index contributed by atoms with van der Waals surface area (Å²) in [4.78, 5) is 0. The zero-order valence-electron chi connectivity index (χ0n) is 49.4. The normalized spacial score (nSPS) is 17.7. The summed E-state index contributed by atoms with van der Waals surface area (Å²) in [5.74, 6) is 0. The molecule has 5 heterocycles. The molecule has 14 aromatic rings. The van der Waals surface area contributed by atoms with Crippen molar-refractivity contribution in [2.45, 2.75) is 38.5 Å². The Morgan fingerprint density at radius 3 is 0.704 bits per heavy atom. The van der Waals surface area contributed by atoms with E-state index in [1.54, 1.807) is 0 Å². The third kappa shape index (κ3) is 20.6. The van der Waals surface area contributed by atoms with Crippen LogP contribution in [-0.2, 0) is 26.2 Å². The van der Waals surface area contributed by atoms with Crippen LogP contribution >= 0.6 is 31.2 Å². The van der Waals surface area contributed by atoms with E-state index in [1.165, 1.54) is 98.0 Å². The topological polar surface area (TPSA) is 35.2 Å². The van der Waals surface area contributed by atoms with Crippen molar-refractivity contribution in [3.8, 4) is 0 Å². The summed E-state index contributed by atoms with van der Waals surface area (Å²) < 4.78 is 256. The fourth-order valence-electron chi connectivity index (χ4n) is 12.0. The largest absolute Gasteiger partial charge is 0.269 e. The summed E-state index contributed by atoms with van der Waals surface area (Å²) in [5, 5.41) is 15.5. The van der Waals surface area contributed by atoms with E-state index in [1.807, 2.05) is 0 Å². The fourth-order valence-corrected chi connectivity index (χ4v) is 12.0. The van der Waals surface area contributed by atoms with Crippen LogP contribution < -0.4 is 18.3 Å². The van der Waals surface area contributed by atoms with Gasteiger partial charge in [0.1, 0.15) is 75.8 Å². The first-order chi connectivity index (χ1) is 44.4. The van der Waals surface area contributed by atoms with Crippen molar-refractivity contribution in [1.29, 1.82) is 0 Å². The van der Waals surface area contributed by atoms with Crippen LogP contribution in [0.5, 0.6) is 0 Å². The molecular weight excluding hydrogens is 1440 g/mol. The number of aromatic nitrogens is 8. The van der Waals surface area contributed by atoms with Gasteiger partial charge in [-0.1, -0.05) is 133 Å². The Morgan fingerprint density at radius 1 is 0.255 bits per heavy atom. The van der Waals surface area contributed by atoms with Gasteiger partial charge in [0.2, 0.25) is 25.3 Å². The van der Waals surface area contributed by atoms with Gasteiger partial charge >= 0.3 is 132 Å². The van der Waals surface area contributed by atoms with E-state index < -0.39 is 31.2 Å². The molecule has 10 aromatic carbocycles. The summed E-state index contributed by atoms with van der Waals surface area (Å²) in [6, 6.07) is 59.1. The van der Waals surface area contributed by atoms with Gasteiger partial charge in [-0.2, -0.15) is 18.3 Å². The SMILES string of the molecule is F[P-](F)(F)(F)(F)F.F[P-](F)(F)(F)(F)F.F[P-](F)(F)(F)(F)F.F[P-](F)(F)(F)(F)F.c1cc2cc(c1)C[n+]1ccn(c1)C(c1ccc3ccc4cccc5ccc1c3c45)n1cc[n+](c1)Cc1cccc(c1)C[n+]1ccn(c1)C(c1ccc3ccc4cccc5ccc1c3c45)n1cc[n+](c1)C2. The number of hydrogen-bond acceptors (Lipinski definition) is 0. The van der Waals surface area contributed by atoms with Gasteiger partial charge in [0.05, 0.1) is 0 Å². The first-order valence-corrected chi connectivity index (χ1v) is 36.5. The smallest absolute Gasteiger partial charge is 0.233 e. The minimum Gasteiger partial charge on any atom is -0.233 e. The summed E-state index contributed by atoms with van der Waals surface area (Å²) in [6.07, 6.45) is 26.7. The standard InChI is InChI=1S/C62H48N8.4F6P/c1-5-43-33-44(6-1)36-64-26-30-68(40-64)62(56-24-20-52-16-14-48-10-4-12-50-18-22-54(56)60(52)58(48)50)70-32-28-66(42-70)38-46-8-2-7-45(34-46)37-65-27-31-69(41-65)61(67-29-25-63(35-43)39-67)55-23-19-51-15-13-47-9-3-11-49-17-21-53(55)59(51)57(47)49;4*1-7(2,3,4,5)6/h1-34,39-42,61-62H,35-38H2;;;;/q+4;4*-1. The van der Waals surface area contributed by atoms with Crippen LogP contribution in [0.4, 0.5) is 101 Å². The van der Waals surface area contributed by atoms with E-state index in [0.29, 0.717) is 0 Å². The molecule has 0 unspecified atom stereocenters. The molecule has 1 aliphatic heterocycles. The summed E-state index contributed by atoms with van der Waals surface area (Å²) in [5.41, 5.74) is 7.57. The van der Waals surface area contributed by atoms with Crippen LogP contribution in [-0.4, -0.2) is 18.3 Å². The Balaban J connectivity index is 0.000000294. The van der Waals surface area contributed by atoms with Crippen molar-refractivity contribution < 1.29 is 119 Å². The van der Waals surface area contributed by atoms with Crippen molar-refractivity contribution in [3.63, 3.8) is 0 Å². The molecule has 15 rings (SSSR count). The Labute approximate surface area is 535 Å².